The minimum Gasteiger partial charge on any atom is -0.385 e. The Balaban J connectivity index is 1.34. The van der Waals surface area contributed by atoms with Crippen molar-refractivity contribution < 1.29 is 28.8 Å². The summed E-state index contributed by atoms with van der Waals surface area (Å²) in [6.45, 7) is 1.47. The number of aliphatic hydroxyl groups is 1. The zero-order valence-corrected chi connectivity index (χ0v) is 22.5. The van der Waals surface area contributed by atoms with Gasteiger partial charge in [-0.1, -0.05) is 110 Å². The van der Waals surface area contributed by atoms with Gasteiger partial charge in [0.15, 0.2) is 6.29 Å². The Morgan fingerprint density at radius 1 is 0.641 bits per heavy atom. The number of rotatable bonds is 12. The van der Waals surface area contributed by atoms with Gasteiger partial charge in [-0.25, -0.2) is 0 Å². The molecule has 3 aromatic rings. The van der Waals surface area contributed by atoms with Crippen LogP contribution >= 0.6 is 0 Å². The molecule has 0 bridgehead atoms. The molecule has 208 valence electrons. The second-order valence-corrected chi connectivity index (χ2v) is 10.5. The van der Waals surface area contributed by atoms with Crippen molar-refractivity contribution in [3.05, 3.63) is 108 Å². The molecule has 2 aliphatic rings. The zero-order chi connectivity index (χ0) is 26.7. The van der Waals surface area contributed by atoms with Gasteiger partial charge in [0.05, 0.1) is 32.5 Å². The van der Waals surface area contributed by atoms with Crippen LogP contribution in [0.3, 0.4) is 0 Å². The normalized spacial score (nSPS) is 25.9. The molecule has 1 saturated carbocycles. The van der Waals surface area contributed by atoms with Gasteiger partial charge in [-0.05, 0) is 29.5 Å². The summed E-state index contributed by atoms with van der Waals surface area (Å²) in [5.74, 6) is 0. The molecule has 6 nitrogen and oxygen atoms in total. The van der Waals surface area contributed by atoms with Crippen molar-refractivity contribution in [2.45, 2.75) is 88.7 Å². The number of benzene rings is 3. The number of ether oxygens (including phenoxy) is 5. The predicted octanol–water partition coefficient (Wildman–Crippen LogP) is 5.81. The average molecular weight is 533 g/mol. The van der Waals surface area contributed by atoms with Gasteiger partial charge < -0.3 is 28.8 Å². The van der Waals surface area contributed by atoms with Crippen molar-refractivity contribution in [1.82, 2.24) is 0 Å². The molecule has 0 unspecified atom stereocenters. The van der Waals surface area contributed by atoms with E-state index in [9.17, 15) is 5.11 Å². The lowest BCUT2D eigenvalue weighted by molar-refractivity contribution is -0.328. The first-order chi connectivity index (χ1) is 19.3. The van der Waals surface area contributed by atoms with Crippen molar-refractivity contribution in [2.24, 2.45) is 0 Å². The predicted molar refractivity (Wildman–Crippen MR) is 149 cm³/mol. The van der Waals surface area contributed by atoms with Gasteiger partial charge in [-0.3, -0.25) is 0 Å². The van der Waals surface area contributed by atoms with E-state index in [1.54, 1.807) is 0 Å². The van der Waals surface area contributed by atoms with Crippen molar-refractivity contribution in [3.8, 4) is 0 Å². The van der Waals surface area contributed by atoms with E-state index in [2.05, 4.69) is 0 Å². The monoisotopic (exact) mass is 532 g/mol. The SMILES string of the molecule is O[C@H]1[C@@H](OC2CCCCC2)O[C@H](COCc2ccccc2)[C@@H](OCc2ccccc2)[C@@H]1OCc1ccccc1. The largest absolute Gasteiger partial charge is 0.385 e. The van der Waals surface area contributed by atoms with E-state index in [1.165, 1.54) is 6.42 Å². The molecule has 1 N–H and O–H groups in total. The maximum atomic E-state index is 11.5. The van der Waals surface area contributed by atoms with Crippen LogP contribution in [0.4, 0.5) is 0 Å². The quantitative estimate of drug-likeness (QED) is 0.318. The summed E-state index contributed by atoms with van der Waals surface area (Å²) in [4.78, 5) is 0. The van der Waals surface area contributed by atoms with Crippen LogP contribution in [0.1, 0.15) is 48.8 Å². The topological polar surface area (TPSA) is 66.4 Å². The molecule has 0 aromatic heterocycles. The van der Waals surface area contributed by atoms with E-state index < -0.39 is 30.7 Å². The average Bonchev–Trinajstić information content (AvgIpc) is 2.99. The van der Waals surface area contributed by atoms with Gasteiger partial charge in [0, 0.05) is 0 Å². The zero-order valence-electron chi connectivity index (χ0n) is 22.5. The maximum absolute atomic E-state index is 11.5. The van der Waals surface area contributed by atoms with Crippen LogP contribution in [0.2, 0.25) is 0 Å². The standard InChI is InChI=1S/C33H40O6/c34-30-32(37-23-27-17-9-3-10-18-27)31(36-22-26-15-7-2-8-16-26)29(24-35-21-25-13-5-1-6-14-25)39-33(30)38-28-19-11-4-12-20-28/h1-3,5-10,13-18,28-34H,4,11-12,19-24H2/t29-,30-,31-,32-,33+/m1/s1. The maximum Gasteiger partial charge on any atom is 0.186 e. The molecule has 0 amide bonds. The highest BCUT2D eigenvalue weighted by Crippen LogP contribution is 2.31. The molecule has 1 heterocycles. The third-order valence-electron chi connectivity index (χ3n) is 7.46. The van der Waals surface area contributed by atoms with Crippen molar-refractivity contribution in [3.63, 3.8) is 0 Å². The lowest BCUT2D eigenvalue weighted by atomic mass is 9.96. The first kappa shape index (κ1) is 28.0. The number of hydrogen-bond donors (Lipinski definition) is 1. The molecule has 39 heavy (non-hydrogen) atoms. The molecule has 6 heteroatoms. The van der Waals surface area contributed by atoms with E-state index in [0.717, 1.165) is 42.4 Å². The van der Waals surface area contributed by atoms with E-state index in [0.29, 0.717) is 19.8 Å². The van der Waals surface area contributed by atoms with Gasteiger partial charge in [0.1, 0.15) is 24.4 Å². The summed E-state index contributed by atoms with van der Waals surface area (Å²) in [6.07, 6.45) is 2.03. The molecule has 5 rings (SSSR count). The molecule has 5 atom stereocenters. The van der Waals surface area contributed by atoms with Crippen LogP contribution in [-0.4, -0.2) is 48.5 Å². The first-order valence-electron chi connectivity index (χ1n) is 14.2. The van der Waals surface area contributed by atoms with Gasteiger partial charge in [-0.2, -0.15) is 0 Å². The van der Waals surface area contributed by atoms with Crippen LogP contribution in [-0.2, 0) is 43.5 Å². The van der Waals surface area contributed by atoms with Crippen LogP contribution in [0.25, 0.3) is 0 Å². The van der Waals surface area contributed by atoms with Gasteiger partial charge in [0.2, 0.25) is 0 Å². The summed E-state index contributed by atoms with van der Waals surface area (Å²) in [5, 5.41) is 11.5. The third kappa shape index (κ3) is 8.21. The molecule has 1 saturated heterocycles. The highest BCUT2D eigenvalue weighted by molar-refractivity contribution is 5.15. The molecule has 1 aliphatic heterocycles. The molecule has 2 fully saturated rings. The van der Waals surface area contributed by atoms with E-state index in [1.807, 2.05) is 91.0 Å². The Morgan fingerprint density at radius 3 is 1.72 bits per heavy atom. The smallest absolute Gasteiger partial charge is 0.186 e. The fourth-order valence-corrected chi connectivity index (χ4v) is 5.32. The van der Waals surface area contributed by atoms with Crippen LogP contribution in [0.15, 0.2) is 91.0 Å². The molecule has 3 aromatic carbocycles. The van der Waals surface area contributed by atoms with Crippen molar-refractivity contribution in [2.75, 3.05) is 6.61 Å². The lowest BCUT2D eigenvalue weighted by Crippen LogP contribution is -2.61. The summed E-state index contributed by atoms with van der Waals surface area (Å²) < 4.78 is 31.8. The molecule has 1 aliphatic carbocycles. The number of hydrogen-bond acceptors (Lipinski definition) is 6. The van der Waals surface area contributed by atoms with Crippen molar-refractivity contribution in [1.29, 1.82) is 0 Å². The Labute approximate surface area is 231 Å². The highest BCUT2D eigenvalue weighted by atomic mass is 16.7. The summed E-state index contributed by atoms with van der Waals surface area (Å²) >= 11 is 0. The van der Waals surface area contributed by atoms with E-state index >= 15 is 0 Å². The minimum absolute atomic E-state index is 0.0702. The lowest BCUT2D eigenvalue weighted by Gasteiger charge is -2.45. The van der Waals surface area contributed by atoms with Gasteiger partial charge in [0.25, 0.3) is 0 Å². The van der Waals surface area contributed by atoms with Gasteiger partial charge in [-0.15, -0.1) is 0 Å². The molecule has 0 radical (unpaired) electrons. The van der Waals surface area contributed by atoms with Gasteiger partial charge >= 0.3 is 0 Å². The molecule has 0 spiro atoms. The highest BCUT2D eigenvalue weighted by Gasteiger charge is 2.48. The second-order valence-electron chi connectivity index (χ2n) is 10.5. The van der Waals surface area contributed by atoms with Crippen molar-refractivity contribution >= 4 is 0 Å². The first-order valence-corrected chi connectivity index (χ1v) is 14.2. The molecular weight excluding hydrogens is 492 g/mol. The Morgan fingerprint density at radius 2 is 1.15 bits per heavy atom. The van der Waals surface area contributed by atoms with Crippen LogP contribution in [0.5, 0.6) is 0 Å². The summed E-state index contributed by atoms with van der Waals surface area (Å²) in [7, 11) is 0. The summed E-state index contributed by atoms with van der Waals surface area (Å²) in [6, 6.07) is 30.0. The fourth-order valence-electron chi connectivity index (χ4n) is 5.32. The Kier molecular flexibility index (Phi) is 10.5. The molecular formula is C33H40O6. The Hall–Kier alpha value is -2.58. The minimum atomic E-state index is -0.998. The van der Waals surface area contributed by atoms with Crippen LogP contribution in [0, 0.1) is 0 Å². The third-order valence-corrected chi connectivity index (χ3v) is 7.46. The van der Waals surface area contributed by atoms with E-state index in [-0.39, 0.29) is 12.7 Å². The summed E-state index contributed by atoms with van der Waals surface area (Å²) in [5.41, 5.74) is 3.15. The van der Waals surface area contributed by atoms with E-state index in [4.69, 9.17) is 23.7 Å². The number of aliphatic hydroxyl groups excluding tert-OH is 1. The fraction of sp³-hybridized carbons (Fsp3) is 0.455. The van der Waals surface area contributed by atoms with Crippen LogP contribution < -0.4 is 0 Å². The second kappa shape index (κ2) is 14.7. The Bertz CT molecular complexity index is 1070.